The van der Waals surface area contributed by atoms with Gasteiger partial charge in [-0.1, -0.05) is 32.4 Å². The summed E-state index contributed by atoms with van der Waals surface area (Å²) in [7, 11) is 2.14. The van der Waals surface area contributed by atoms with Crippen molar-refractivity contribution in [1.82, 2.24) is 14.4 Å². The molecule has 31 heavy (non-hydrogen) atoms. The van der Waals surface area contributed by atoms with Gasteiger partial charge in [0.2, 0.25) is 0 Å². The Morgan fingerprint density at radius 1 is 1.03 bits per heavy atom. The third-order valence-electron chi connectivity index (χ3n) is 6.83. The highest BCUT2D eigenvalue weighted by Crippen LogP contribution is 2.42. The molecule has 1 saturated heterocycles. The minimum absolute atomic E-state index is 0.0268. The highest BCUT2D eigenvalue weighted by molar-refractivity contribution is 6.32. The van der Waals surface area contributed by atoms with Crippen LogP contribution >= 0.6 is 11.6 Å². The standard InChI is InChI=1S/C24H30ClN3O3/c1-23(2,3)21(30)18-6-8-20-24(26(4)13-14-28(18)20)9-11-27(12-10-24)22(31)16-5-7-19(29)17(25)15-16/h5-8,15,29H,9-14H2,1-4H3. The topological polar surface area (TPSA) is 65.8 Å². The van der Waals surface area contributed by atoms with Gasteiger partial charge >= 0.3 is 0 Å². The zero-order valence-electron chi connectivity index (χ0n) is 18.6. The van der Waals surface area contributed by atoms with Crippen LogP contribution in [-0.4, -0.2) is 57.8 Å². The fourth-order valence-electron chi connectivity index (χ4n) is 4.90. The zero-order chi connectivity index (χ0) is 22.6. The van der Waals surface area contributed by atoms with Crippen LogP contribution in [0.3, 0.4) is 0 Å². The number of carbonyl (C=O) groups is 2. The summed E-state index contributed by atoms with van der Waals surface area (Å²) in [6.45, 7) is 8.78. The first kappa shape index (κ1) is 21.9. The number of amides is 1. The van der Waals surface area contributed by atoms with Gasteiger partial charge in [-0.25, -0.2) is 0 Å². The van der Waals surface area contributed by atoms with Crippen molar-refractivity contribution < 1.29 is 14.7 Å². The molecule has 1 fully saturated rings. The number of ketones is 1. The fraction of sp³-hybridized carbons (Fsp3) is 0.500. The molecule has 6 nitrogen and oxygen atoms in total. The Morgan fingerprint density at radius 2 is 1.71 bits per heavy atom. The molecule has 1 amide bonds. The number of benzene rings is 1. The average Bonchev–Trinajstić information content (AvgIpc) is 3.16. The monoisotopic (exact) mass is 443 g/mol. The summed E-state index contributed by atoms with van der Waals surface area (Å²) in [6.07, 6.45) is 1.60. The second kappa shape index (κ2) is 7.68. The summed E-state index contributed by atoms with van der Waals surface area (Å²) in [5.41, 5.74) is 1.84. The van der Waals surface area contributed by atoms with Crippen molar-refractivity contribution in [3.8, 4) is 5.75 Å². The van der Waals surface area contributed by atoms with Crippen LogP contribution in [-0.2, 0) is 12.1 Å². The number of phenolic OH excluding ortho intramolecular Hbond substituents is 1. The Kier molecular flexibility index (Phi) is 5.42. The first-order valence-electron chi connectivity index (χ1n) is 10.8. The SMILES string of the molecule is CN1CCn2c(C(=O)C(C)(C)C)ccc2C12CCN(C(=O)c1ccc(O)c(Cl)c1)CC2. The first-order valence-corrected chi connectivity index (χ1v) is 11.2. The van der Waals surface area contributed by atoms with E-state index in [2.05, 4.69) is 22.6 Å². The molecule has 2 aliphatic heterocycles. The normalized spacial score (nSPS) is 18.8. The molecule has 0 saturated carbocycles. The Balaban J connectivity index is 1.58. The molecular weight excluding hydrogens is 414 g/mol. The van der Waals surface area contributed by atoms with Crippen molar-refractivity contribution in [1.29, 1.82) is 0 Å². The Morgan fingerprint density at radius 3 is 2.32 bits per heavy atom. The molecule has 2 aromatic rings. The van der Waals surface area contributed by atoms with Crippen LogP contribution in [0.2, 0.25) is 5.02 Å². The molecule has 7 heteroatoms. The molecule has 0 atom stereocenters. The number of piperidine rings is 1. The lowest BCUT2D eigenvalue weighted by atomic mass is 9.81. The number of fused-ring (bicyclic) bond motifs is 2. The maximum atomic E-state index is 13.0. The van der Waals surface area contributed by atoms with Gasteiger partial charge in [0.25, 0.3) is 5.91 Å². The number of hydrogen-bond acceptors (Lipinski definition) is 4. The van der Waals surface area contributed by atoms with E-state index in [9.17, 15) is 14.7 Å². The lowest BCUT2D eigenvalue weighted by molar-refractivity contribution is 0.0126. The molecule has 0 bridgehead atoms. The van der Waals surface area contributed by atoms with Gasteiger partial charge in [0.1, 0.15) is 5.75 Å². The quantitative estimate of drug-likeness (QED) is 0.708. The number of aromatic hydroxyl groups is 1. The fourth-order valence-corrected chi connectivity index (χ4v) is 5.08. The maximum Gasteiger partial charge on any atom is 0.253 e. The number of nitrogens with zero attached hydrogens (tertiary/aromatic N) is 3. The predicted octanol–water partition coefficient (Wildman–Crippen LogP) is 4.15. The average molecular weight is 444 g/mol. The molecule has 1 N–H and O–H groups in total. The van der Waals surface area contributed by atoms with E-state index in [1.54, 1.807) is 6.07 Å². The van der Waals surface area contributed by atoms with Crippen molar-refractivity contribution in [3.63, 3.8) is 0 Å². The smallest absolute Gasteiger partial charge is 0.253 e. The molecule has 4 rings (SSSR count). The third-order valence-corrected chi connectivity index (χ3v) is 7.14. The summed E-state index contributed by atoms with van der Waals surface area (Å²) < 4.78 is 2.20. The van der Waals surface area contributed by atoms with Crippen LogP contribution in [0.1, 0.15) is 60.2 Å². The number of likely N-dealkylation sites (N-methyl/N-ethyl adjacent to an activating group) is 1. The van der Waals surface area contributed by atoms with Crippen LogP contribution in [0.15, 0.2) is 30.3 Å². The number of Topliss-reactive ketones (excluding diaryl/α,β-unsaturated/α-hetero) is 1. The second-order valence-electron chi connectivity index (χ2n) is 9.75. The molecule has 0 aliphatic carbocycles. The van der Waals surface area contributed by atoms with Gasteiger partial charge in [-0.2, -0.15) is 0 Å². The lowest BCUT2D eigenvalue weighted by Gasteiger charge is -2.50. The van der Waals surface area contributed by atoms with E-state index < -0.39 is 5.41 Å². The number of carbonyl (C=O) groups excluding carboxylic acids is 2. The molecule has 1 spiro atoms. The Hall–Kier alpha value is -2.31. The predicted molar refractivity (Wildman–Crippen MR) is 121 cm³/mol. The minimum Gasteiger partial charge on any atom is -0.506 e. The molecule has 166 valence electrons. The number of phenols is 1. The van der Waals surface area contributed by atoms with E-state index in [1.807, 2.05) is 31.7 Å². The van der Waals surface area contributed by atoms with Gasteiger partial charge in [0, 0.05) is 42.9 Å². The minimum atomic E-state index is -0.424. The number of hydrogen-bond donors (Lipinski definition) is 1. The summed E-state index contributed by atoms with van der Waals surface area (Å²) in [4.78, 5) is 30.2. The molecule has 0 unspecified atom stereocenters. The van der Waals surface area contributed by atoms with Crippen LogP contribution in [0, 0.1) is 5.41 Å². The number of halogens is 1. The van der Waals surface area contributed by atoms with Crippen molar-refractivity contribution in [2.24, 2.45) is 5.41 Å². The summed E-state index contributed by atoms with van der Waals surface area (Å²) in [5, 5.41) is 9.81. The van der Waals surface area contributed by atoms with Crippen LogP contribution in [0.5, 0.6) is 5.75 Å². The third kappa shape index (κ3) is 3.66. The zero-order valence-corrected chi connectivity index (χ0v) is 19.4. The first-order chi connectivity index (χ1) is 14.5. The largest absolute Gasteiger partial charge is 0.506 e. The summed E-state index contributed by atoms with van der Waals surface area (Å²) >= 11 is 5.99. The van der Waals surface area contributed by atoms with E-state index in [-0.39, 0.29) is 28.0 Å². The number of rotatable bonds is 2. The van der Waals surface area contributed by atoms with Crippen molar-refractivity contribution in [2.75, 3.05) is 26.7 Å². The molecule has 2 aliphatic rings. The van der Waals surface area contributed by atoms with E-state index in [0.717, 1.165) is 31.6 Å². The molecule has 1 aromatic carbocycles. The lowest BCUT2D eigenvalue weighted by Crippen LogP contribution is -2.56. The van der Waals surface area contributed by atoms with Gasteiger partial charge in [0.15, 0.2) is 5.78 Å². The second-order valence-corrected chi connectivity index (χ2v) is 10.2. The van der Waals surface area contributed by atoms with Crippen LogP contribution in [0.25, 0.3) is 0 Å². The summed E-state index contributed by atoms with van der Waals surface area (Å²) in [6, 6.07) is 8.66. The maximum absolute atomic E-state index is 13.0. The van der Waals surface area contributed by atoms with E-state index in [4.69, 9.17) is 11.6 Å². The van der Waals surface area contributed by atoms with E-state index in [0.29, 0.717) is 18.7 Å². The van der Waals surface area contributed by atoms with Crippen molar-refractivity contribution in [3.05, 3.63) is 52.3 Å². The Labute approximate surface area is 188 Å². The van der Waals surface area contributed by atoms with Gasteiger partial charge in [-0.15, -0.1) is 0 Å². The summed E-state index contributed by atoms with van der Waals surface area (Å²) in [5.74, 6) is 0.0606. The van der Waals surface area contributed by atoms with Gasteiger partial charge in [-0.05, 0) is 50.2 Å². The molecule has 0 radical (unpaired) electrons. The molecule has 1 aromatic heterocycles. The van der Waals surface area contributed by atoms with Gasteiger partial charge in [0.05, 0.1) is 16.3 Å². The Bertz CT molecular complexity index is 1030. The molecular formula is C24H30ClN3O3. The number of aromatic nitrogens is 1. The molecule has 3 heterocycles. The highest BCUT2D eigenvalue weighted by Gasteiger charge is 2.45. The van der Waals surface area contributed by atoms with Gasteiger partial charge in [-0.3, -0.25) is 14.5 Å². The highest BCUT2D eigenvalue weighted by atomic mass is 35.5. The van der Waals surface area contributed by atoms with Crippen LogP contribution in [0.4, 0.5) is 0 Å². The number of likely N-dealkylation sites (tertiary alicyclic amines) is 1. The van der Waals surface area contributed by atoms with Crippen LogP contribution < -0.4 is 0 Å². The van der Waals surface area contributed by atoms with Crippen molar-refractivity contribution in [2.45, 2.75) is 45.7 Å². The van der Waals surface area contributed by atoms with E-state index in [1.165, 1.54) is 17.8 Å². The van der Waals surface area contributed by atoms with E-state index >= 15 is 0 Å². The van der Waals surface area contributed by atoms with Crippen molar-refractivity contribution >= 4 is 23.3 Å². The van der Waals surface area contributed by atoms with Gasteiger partial charge < -0.3 is 14.6 Å².